The van der Waals surface area contributed by atoms with Crippen LogP contribution in [0, 0.1) is 13.8 Å². The molecule has 4 aromatic rings. The van der Waals surface area contributed by atoms with Gasteiger partial charge in [-0.15, -0.1) is 0 Å². The monoisotopic (exact) mass is 585 g/mol. The van der Waals surface area contributed by atoms with Crippen LogP contribution in [0.3, 0.4) is 0 Å². The van der Waals surface area contributed by atoms with Crippen molar-refractivity contribution in [3.63, 3.8) is 0 Å². The van der Waals surface area contributed by atoms with Gasteiger partial charge in [-0.05, 0) is 51.0 Å². The molecule has 42 heavy (non-hydrogen) atoms. The Labute approximate surface area is 240 Å². The Bertz CT molecular complexity index is 1630. The maximum atomic E-state index is 13.7. The van der Waals surface area contributed by atoms with E-state index in [0.29, 0.717) is 54.1 Å². The van der Waals surface area contributed by atoms with Gasteiger partial charge in [-0.25, -0.2) is 0 Å². The van der Waals surface area contributed by atoms with Crippen molar-refractivity contribution < 1.29 is 22.7 Å². The average molecular weight is 586 g/mol. The number of H-pyrrole nitrogens is 2. The van der Waals surface area contributed by atoms with Crippen molar-refractivity contribution in [2.45, 2.75) is 45.5 Å². The minimum atomic E-state index is -4.23. The van der Waals surface area contributed by atoms with Gasteiger partial charge >= 0.3 is 6.18 Å². The molecule has 0 bridgehead atoms. The number of likely N-dealkylation sites (tertiary alicyclic amines) is 1. The number of carbonyl (C=O) groups is 1. The molecular weight excluding hydrogens is 551 g/mol. The summed E-state index contributed by atoms with van der Waals surface area (Å²) in [6.45, 7) is 3.30. The molecule has 0 unspecified atom stereocenters. The Kier molecular flexibility index (Phi) is 8.04. The molecule has 1 amide bonds. The highest BCUT2D eigenvalue weighted by Gasteiger charge is 2.34. The third-order valence-corrected chi connectivity index (χ3v) is 7.93. The van der Waals surface area contributed by atoms with Crippen molar-refractivity contribution >= 4 is 17.2 Å². The molecule has 4 aromatic heterocycles. The van der Waals surface area contributed by atoms with Crippen LogP contribution in [0.25, 0.3) is 16.8 Å². The summed E-state index contributed by atoms with van der Waals surface area (Å²) in [6.07, 6.45) is 0.435. The molecule has 1 aliphatic heterocycles. The van der Waals surface area contributed by atoms with Crippen LogP contribution in [0.5, 0.6) is 5.75 Å². The number of methoxy groups -OCH3 is 1. The second-order valence-electron chi connectivity index (χ2n) is 10.7. The van der Waals surface area contributed by atoms with Crippen molar-refractivity contribution in [1.29, 1.82) is 0 Å². The normalized spacial score (nSPS) is 14.8. The number of amides is 1. The Balaban J connectivity index is 1.49. The van der Waals surface area contributed by atoms with Gasteiger partial charge in [0.15, 0.2) is 0 Å². The fraction of sp³-hybridized carbons (Fsp3) is 0.414. The molecule has 1 fully saturated rings. The number of aromatic nitrogens is 4. The number of nitrogens with zero attached hydrogens (tertiary/aromatic N) is 4. The minimum Gasteiger partial charge on any atom is -0.496 e. The predicted molar refractivity (Wildman–Crippen MR) is 153 cm³/mol. The van der Waals surface area contributed by atoms with Gasteiger partial charge in [0.25, 0.3) is 11.5 Å². The lowest BCUT2D eigenvalue weighted by atomic mass is 10.0. The molecule has 0 saturated carbocycles. The maximum absolute atomic E-state index is 13.7. The maximum Gasteiger partial charge on any atom is 0.401 e. The smallest absolute Gasteiger partial charge is 0.401 e. The van der Waals surface area contributed by atoms with E-state index in [4.69, 9.17) is 4.74 Å². The van der Waals surface area contributed by atoms with Gasteiger partial charge < -0.3 is 24.3 Å². The number of hydrogen-bond acceptors (Lipinski definition) is 6. The molecule has 0 spiro atoms. The van der Waals surface area contributed by atoms with Crippen LogP contribution in [-0.4, -0.2) is 76.4 Å². The number of halogens is 3. The minimum absolute atomic E-state index is 0.0249. The third kappa shape index (κ3) is 5.87. The van der Waals surface area contributed by atoms with Crippen LogP contribution in [0.4, 0.5) is 19.0 Å². The Hall–Kier alpha value is -4.26. The predicted octanol–water partition coefficient (Wildman–Crippen LogP) is 4.04. The van der Waals surface area contributed by atoms with Crippen LogP contribution in [0.1, 0.15) is 40.0 Å². The first-order valence-corrected chi connectivity index (χ1v) is 13.7. The third-order valence-electron chi connectivity index (χ3n) is 7.93. The van der Waals surface area contributed by atoms with E-state index >= 15 is 0 Å². The zero-order chi connectivity index (χ0) is 30.2. The molecule has 1 saturated heterocycles. The molecular formula is C29H34F3N7O3. The summed E-state index contributed by atoms with van der Waals surface area (Å²) in [7, 11) is 3.39. The molecule has 0 aromatic carbocycles. The summed E-state index contributed by atoms with van der Waals surface area (Å²) >= 11 is 0. The first-order valence-electron chi connectivity index (χ1n) is 13.7. The summed E-state index contributed by atoms with van der Waals surface area (Å²) in [6, 6.07) is 7.25. The van der Waals surface area contributed by atoms with Crippen molar-refractivity contribution in [3.05, 3.63) is 69.4 Å². The van der Waals surface area contributed by atoms with Gasteiger partial charge in [-0.2, -0.15) is 18.3 Å². The first kappa shape index (κ1) is 29.2. The van der Waals surface area contributed by atoms with E-state index < -0.39 is 12.7 Å². The highest BCUT2D eigenvalue weighted by molar-refractivity contribution is 5.99. The van der Waals surface area contributed by atoms with Gasteiger partial charge in [0.2, 0.25) is 0 Å². The summed E-state index contributed by atoms with van der Waals surface area (Å²) in [5, 5.41) is 9.91. The van der Waals surface area contributed by atoms with Crippen molar-refractivity contribution in [2.75, 3.05) is 38.7 Å². The largest absolute Gasteiger partial charge is 0.496 e. The van der Waals surface area contributed by atoms with Crippen molar-refractivity contribution in [2.24, 2.45) is 0 Å². The molecule has 5 heterocycles. The number of carbonyl (C=O) groups excluding carboxylic acids is 1. The van der Waals surface area contributed by atoms with E-state index in [1.807, 2.05) is 36.7 Å². The molecule has 10 nitrogen and oxygen atoms in total. The fourth-order valence-electron chi connectivity index (χ4n) is 5.82. The zero-order valence-corrected chi connectivity index (χ0v) is 23.9. The second-order valence-corrected chi connectivity index (χ2v) is 10.7. The number of hydrogen-bond donors (Lipinski definition) is 3. The molecule has 5 rings (SSSR count). The standard InChI is InChI=1S/C29H34F3N7O3/c1-17-13-25(42-4)22(27(41)35-17)15-33-26(40)21-14-24-20(23-5-9-34-36-23)8-12-39(24)28(18(21)2)37(3)19-6-10-38(11-7-19)16-29(30,31)32/h5,8-9,12-14,19H,6-7,10-11,15-16H2,1-4H3,(H,33,40)(H,34,36)(H,35,41). The number of aromatic amines is 2. The Morgan fingerprint density at radius 1 is 1.21 bits per heavy atom. The number of anilines is 1. The fourth-order valence-corrected chi connectivity index (χ4v) is 5.82. The number of nitrogens with one attached hydrogen (secondary N) is 3. The molecule has 0 atom stereocenters. The van der Waals surface area contributed by atoms with Crippen LogP contribution in [0.15, 0.2) is 41.5 Å². The first-order chi connectivity index (χ1) is 20.0. The van der Waals surface area contributed by atoms with Crippen LogP contribution >= 0.6 is 0 Å². The zero-order valence-electron chi connectivity index (χ0n) is 23.9. The van der Waals surface area contributed by atoms with E-state index in [1.54, 1.807) is 25.3 Å². The van der Waals surface area contributed by atoms with Crippen LogP contribution < -0.4 is 20.5 Å². The second kappa shape index (κ2) is 11.6. The van der Waals surface area contributed by atoms with Gasteiger partial charge in [-0.1, -0.05) is 0 Å². The average Bonchev–Trinajstić information content (AvgIpc) is 3.61. The number of piperidine rings is 1. The van der Waals surface area contributed by atoms with E-state index in [-0.39, 0.29) is 24.1 Å². The van der Waals surface area contributed by atoms with Crippen molar-refractivity contribution in [1.82, 2.24) is 29.8 Å². The Morgan fingerprint density at radius 2 is 1.95 bits per heavy atom. The SMILES string of the molecule is COc1cc(C)[nH]c(=O)c1CNC(=O)c1cc2c(-c3ccn[nH]3)ccn2c(N(C)C2CCN(CC(F)(F)F)CC2)c1C. The quantitative estimate of drug-likeness (QED) is 0.288. The number of aryl methyl sites for hydroxylation is 1. The summed E-state index contributed by atoms with van der Waals surface area (Å²) in [5.74, 6) is 0.779. The lowest BCUT2D eigenvalue weighted by Crippen LogP contribution is -2.46. The molecule has 0 aliphatic carbocycles. The van der Waals surface area contributed by atoms with Gasteiger partial charge in [0.05, 0.1) is 37.0 Å². The highest BCUT2D eigenvalue weighted by Crippen LogP contribution is 2.34. The molecule has 1 aliphatic rings. The van der Waals surface area contributed by atoms with Gasteiger partial charge in [0.1, 0.15) is 11.6 Å². The lowest BCUT2D eigenvalue weighted by molar-refractivity contribution is -0.147. The van der Waals surface area contributed by atoms with Crippen LogP contribution in [-0.2, 0) is 6.54 Å². The molecule has 0 radical (unpaired) electrons. The summed E-state index contributed by atoms with van der Waals surface area (Å²) < 4.78 is 46.2. The van der Waals surface area contributed by atoms with Gasteiger partial charge in [-0.3, -0.25) is 19.6 Å². The highest BCUT2D eigenvalue weighted by atomic mass is 19.4. The number of alkyl halides is 3. The van der Waals surface area contributed by atoms with E-state index in [0.717, 1.165) is 22.6 Å². The summed E-state index contributed by atoms with van der Waals surface area (Å²) in [5.41, 5.74) is 4.11. The van der Waals surface area contributed by atoms with Gasteiger partial charge in [0, 0.05) is 61.0 Å². The van der Waals surface area contributed by atoms with E-state index in [9.17, 15) is 22.8 Å². The van der Waals surface area contributed by atoms with Crippen molar-refractivity contribution in [3.8, 4) is 17.0 Å². The van der Waals surface area contributed by atoms with E-state index in [2.05, 4.69) is 25.4 Å². The number of rotatable bonds is 8. The number of fused-ring (bicyclic) bond motifs is 1. The molecule has 13 heteroatoms. The summed E-state index contributed by atoms with van der Waals surface area (Å²) in [4.78, 5) is 32.5. The van der Waals surface area contributed by atoms with E-state index in [1.165, 1.54) is 12.0 Å². The molecule has 3 N–H and O–H groups in total. The Morgan fingerprint density at radius 3 is 2.60 bits per heavy atom. The topological polar surface area (TPSA) is 111 Å². The molecule has 224 valence electrons. The lowest BCUT2D eigenvalue weighted by Gasteiger charge is -2.39. The number of ether oxygens (including phenoxy) is 1. The van der Waals surface area contributed by atoms with Crippen LogP contribution in [0.2, 0.25) is 0 Å². The number of pyridine rings is 2.